The Morgan fingerprint density at radius 3 is 2.57 bits per heavy atom. The average Bonchev–Trinajstić information content (AvgIpc) is 3.49. The topological polar surface area (TPSA) is 93.7 Å². The number of likely N-dealkylation sites (tertiary alicyclic amines) is 1. The number of hydrogen-bond donors (Lipinski definition) is 2. The van der Waals surface area contributed by atoms with E-state index in [9.17, 15) is 4.79 Å². The predicted molar refractivity (Wildman–Crippen MR) is 133 cm³/mol. The Morgan fingerprint density at radius 1 is 1.06 bits per heavy atom. The summed E-state index contributed by atoms with van der Waals surface area (Å²) in [5, 5.41) is 11.4. The van der Waals surface area contributed by atoms with Crippen LogP contribution in [0.3, 0.4) is 0 Å². The van der Waals surface area contributed by atoms with Crippen LogP contribution in [0.2, 0.25) is 5.02 Å². The maximum Gasteiger partial charge on any atom is 0.414 e. The third-order valence-electron chi connectivity index (χ3n) is 6.22. The first kappa shape index (κ1) is 23.5. The van der Waals surface area contributed by atoms with Gasteiger partial charge in [-0.25, -0.2) is 4.79 Å². The lowest BCUT2D eigenvalue weighted by Gasteiger charge is -2.38. The molecule has 1 saturated heterocycles. The number of carbonyl (C=O) groups is 1. The molecule has 2 N–H and O–H groups in total. The lowest BCUT2D eigenvalue weighted by Crippen LogP contribution is -2.49. The van der Waals surface area contributed by atoms with Crippen LogP contribution >= 0.6 is 23.8 Å². The van der Waals surface area contributed by atoms with E-state index in [2.05, 4.69) is 20.7 Å². The molecule has 184 valence electrons. The molecule has 0 saturated carbocycles. The lowest BCUT2D eigenvalue weighted by molar-refractivity contribution is -0.0524. The third-order valence-corrected chi connectivity index (χ3v) is 6.87. The highest BCUT2D eigenvalue weighted by Crippen LogP contribution is 2.35. The smallest absolute Gasteiger partial charge is 0.414 e. The number of nitrogens with one attached hydrogen (secondary N) is 2. The molecule has 2 aromatic rings. The van der Waals surface area contributed by atoms with Gasteiger partial charge in [-0.15, -0.1) is 0 Å². The summed E-state index contributed by atoms with van der Waals surface area (Å²) < 4.78 is 16.1. The molecule has 3 aliphatic rings. The van der Waals surface area contributed by atoms with Gasteiger partial charge in [0.15, 0.2) is 16.6 Å². The van der Waals surface area contributed by atoms with Gasteiger partial charge >= 0.3 is 6.09 Å². The first-order chi connectivity index (χ1) is 17.0. The molecule has 3 heterocycles. The van der Waals surface area contributed by atoms with Crippen molar-refractivity contribution in [3.8, 4) is 11.5 Å². The Morgan fingerprint density at radius 2 is 1.77 bits per heavy atom. The van der Waals surface area contributed by atoms with Crippen molar-refractivity contribution in [2.45, 2.75) is 38.0 Å². The Balaban J connectivity index is 1.03. The summed E-state index contributed by atoms with van der Waals surface area (Å²) in [4.78, 5) is 20.0. The number of rotatable bonds is 4. The lowest BCUT2D eigenvalue weighted by atomic mass is 9.88. The van der Waals surface area contributed by atoms with E-state index in [0.717, 1.165) is 48.6 Å². The van der Waals surface area contributed by atoms with Crippen molar-refractivity contribution in [3.63, 3.8) is 0 Å². The van der Waals surface area contributed by atoms with E-state index in [1.165, 1.54) is 0 Å². The van der Waals surface area contributed by atoms with E-state index in [1.807, 2.05) is 30.3 Å². The van der Waals surface area contributed by atoms with Gasteiger partial charge in [0.05, 0.1) is 6.42 Å². The highest BCUT2D eigenvalue weighted by atomic mass is 35.5. The number of alkyl carbamates (subject to hydrolysis) is 1. The summed E-state index contributed by atoms with van der Waals surface area (Å²) in [5.74, 6) is 1.81. The standard InChI is InChI=1S/C24H25ClN4O5S/c25-18-4-1-16(2-5-18)13-27-23(30)33-21-12-24(34-28-21)7-9-29(10-8-24)22(35)26-14-17-3-6-19-20(11-17)32-15-31-19/h1-6,11H,7-10,12-15H2,(H,26,35)(H,27,30). The zero-order valence-corrected chi connectivity index (χ0v) is 20.5. The Hall–Kier alpha value is -3.24. The zero-order chi connectivity index (χ0) is 24.3. The van der Waals surface area contributed by atoms with Crippen molar-refractivity contribution in [3.05, 3.63) is 58.6 Å². The van der Waals surface area contributed by atoms with E-state index in [0.29, 0.717) is 29.6 Å². The number of piperidine rings is 1. The van der Waals surface area contributed by atoms with Crippen LogP contribution in [0.4, 0.5) is 4.79 Å². The molecule has 1 spiro atoms. The van der Waals surface area contributed by atoms with Crippen LogP contribution < -0.4 is 20.1 Å². The predicted octanol–water partition coefficient (Wildman–Crippen LogP) is 3.94. The van der Waals surface area contributed by atoms with E-state index >= 15 is 0 Å². The minimum atomic E-state index is -0.564. The fourth-order valence-electron chi connectivity index (χ4n) is 4.19. The molecule has 0 unspecified atom stereocenters. The van der Waals surface area contributed by atoms with Gasteiger partial charge < -0.3 is 34.6 Å². The zero-order valence-electron chi connectivity index (χ0n) is 18.9. The molecule has 35 heavy (non-hydrogen) atoms. The molecule has 0 bridgehead atoms. The second kappa shape index (κ2) is 10.2. The highest BCUT2D eigenvalue weighted by molar-refractivity contribution is 7.80. The van der Waals surface area contributed by atoms with Crippen LogP contribution in [-0.4, -0.2) is 47.5 Å². The quantitative estimate of drug-likeness (QED) is 0.590. The van der Waals surface area contributed by atoms with Crippen LogP contribution in [0.5, 0.6) is 11.5 Å². The van der Waals surface area contributed by atoms with Crippen molar-refractivity contribution < 1.29 is 23.8 Å². The molecule has 0 radical (unpaired) electrons. The van der Waals surface area contributed by atoms with Gasteiger partial charge in [-0.3, -0.25) is 0 Å². The average molecular weight is 517 g/mol. The van der Waals surface area contributed by atoms with Crippen LogP contribution in [0, 0.1) is 0 Å². The molecule has 2 aromatic carbocycles. The summed E-state index contributed by atoms with van der Waals surface area (Å²) >= 11 is 11.5. The molecule has 1 fully saturated rings. The fourth-order valence-corrected chi connectivity index (χ4v) is 4.57. The number of benzene rings is 2. The minimum absolute atomic E-state index is 0.257. The van der Waals surface area contributed by atoms with Crippen molar-refractivity contribution in [2.24, 2.45) is 5.16 Å². The number of thiocarbonyl (C=S) groups is 1. The molecular formula is C24H25ClN4O5S. The molecule has 9 nitrogen and oxygen atoms in total. The molecule has 3 aliphatic heterocycles. The summed E-state index contributed by atoms with van der Waals surface area (Å²) in [5.41, 5.74) is 1.52. The number of nitrogens with zero attached hydrogens (tertiary/aromatic N) is 2. The number of oxime groups is 1. The van der Waals surface area contributed by atoms with Crippen LogP contribution in [0.15, 0.2) is 47.6 Å². The third kappa shape index (κ3) is 5.71. The van der Waals surface area contributed by atoms with Gasteiger partial charge in [-0.2, -0.15) is 0 Å². The van der Waals surface area contributed by atoms with E-state index < -0.39 is 11.7 Å². The van der Waals surface area contributed by atoms with Crippen LogP contribution in [0.1, 0.15) is 30.4 Å². The molecule has 11 heteroatoms. The molecule has 0 aliphatic carbocycles. The van der Waals surface area contributed by atoms with Gasteiger partial charge in [-0.05, 0) is 47.6 Å². The summed E-state index contributed by atoms with van der Waals surface area (Å²) in [7, 11) is 0. The summed E-state index contributed by atoms with van der Waals surface area (Å²) in [6.45, 7) is 2.63. The SMILES string of the molecule is O=C(NCc1ccc(Cl)cc1)OC1=NOC2(CCN(C(=S)NCc3ccc4c(c3)OCO4)CC2)C1. The fraction of sp³-hybridized carbons (Fsp3) is 0.375. The normalized spacial score (nSPS) is 17.5. The first-order valence-corrected chi connectivity index (χ1v) is 12.1. The van der Waals surface area contributed by atoms with E-state index in [-0.39, 0.29) is 12.7 Å². The van der Waals surface area contributed by atoms with Crippen LogP contribution in [0.25, 0.3) is 0 Å². The maximum absolute atomic E-state index is 12.2. The summed E-state index contributed by atoms with van der Waals surface area (Å²) in [6.07, 6.45) is 1.33. The number of ether oxygens (including phenoxy) is 3. The molecule has 1 amide bonds. The van der Waals surface area contributed by atoms with E-state index in [1.54, 1.807) is 12.1 Å². The Labute approximate surface area is 213 Å². The second-order valence-corrected chi connectivity index (χ2v) is 9.46. The maximum atomic E-state index is 12.2. The summed E-state index contributed by atoms with van der Waals surface area (Å²) in [6, 6.07) is 13.1. The highest BCUT2D eigenvalue weighted by Gasteiger charge is 2.43. The first-order valence-electron chi connectivity index (χ1n) is 11.3. The number of fused-ring (bicyclic) bond motifs is 1. The number of halogens is 1. The number of carbonyl (C=O) groups excluding carboxylic acids is 1. The Kier molecular flexibility index (Phi) is 6.83. The largest absolute Gasteiger partial charge is 0.454 e. The van der Waals surface area contributed by atoms with Crippen molar-refractivity contribution >= 4 is 40.9 Å². The minimum Gasteiger partial charge on any atom is -0.454 e. The second-order valence-electron chi connectivity index (χ2n) is 8.64. The van der Waals surface area contributed by atoms with Gasteiger partial charge in [0, 0.05) is 44.0 Å². The van der Waals surface area contributed by atoms with Crippen molar-refractivity contribution in [1.29, 1.82) is 0 Å². The number of amides is 1. The van der Waals surface area contributed by atoms with Crippen molar-refractivity contribution in [1.82, 2.24) is 15.5 Å². The monoisotopic (exact) mass is 516 g/mol. The Bertz CT molecular complexity index is 1140. The van der Waals surface area contributed by atoms with Crippen molar-refractivity contribution in [2.75, 3.05) is 19.9 Å². The molecule has 0 atom stereocenters. The van der Waals surface area contributed by atoms with Gasteiger partial charge in [0.25, 0.3) is 0 Å². The molecule has 5 rings (SSSR count). The van der Waals surface area contributed by atoms with Gasteiger partial charge in [0.1, 0.15) is 5.60 Å². The van der Waals surface area contributed by atoms with E-state index in [4.69, 9.17) is 42.9 Å². The van der Waals surface area contributed by atoms with Crippen LogP contribution in [-0.2, 0) is 22.7 Å². The number of hydrogen-bond acceptors (Lipinski definition) is 7. The molecular weight excluding hydrogens is 492 g/mol. The van der Waals surface area contributed by atoms with Gasteiger partial charge in [-0.1, -0.05) is 35.0 Å². The molecule has 0 aromatic heterocycles. The van der Waals surface area contributed by atoms with Gasteiger partial charge in [0.2, 0.25) is 12.7 Å².